The second kappa shape index (κ2) is 14.4. The van der Waals surface area contributed by atoms with Gasteiger partial charge >= 0.3 is 12.1 Å². The molecule has 3 atom stereocenters. The predicted octanol–water partition coefficient (Wildman–Crippen LogP) is 6.99. The van der Waals surface area contributed by atoms with E-state index in [0.717, 1.165) is 55.9 Å². The van der Waals surface area contributed by atoms with E-state index in [0.29, 0.717) is 49.1 Å². The average Bonchev–Trinajstić information content (AvgIpc) is 3.66. The number of nitrogens with zero attached hydrogens (tertiary/aromatic N) is 5. The minimum absolute atomic E-state index is 0.209. The molecule has 2 fully saturated rings. The number of alkyl carbamates (subject to hydrolysis) is 1. The fraction of sp³-hybridized carbons (Fsp3) is 0.600. The number of rotatable bonds is 10. The highest BCUT2D eigenvalue weighted by Crippen LogP contribution is 2.35. The SMILES string of the molecule is Cc1cc(OCC[C@@H](C)C2CCN(c3nc(C(C)C)no3)CC2)cnc1N1C[C@H](NC(=O)OC(C)(C)C)[C@@H](c2cc(F)ccc2F)C1. The van der Waals surface area contributed by atoms with Gasteiger partial charge in [0.1, 0.15) is 28.8 Å². The van der Waals surface area contributed by atoms with Crippen molar-refractivity contribution in [1.82, 2.24) is 20.4 Å². The summed E-state index contributed by atoms with van der Waals surface area (Å²) in [6, 6.07) is 5.47. The molecular weight excluding hydrogens is 606 g/mol. The number of amides is 1. The number of aromatic nitrogens is 3. The summed E-state index contributed by atoms with van der Waals surface area (Å²) in [6.07, 6.45) is 4.15. The lowest BCUT2D eigenvalue weighted by atomic mass is 9.84. The highest BCUT2D eigenvalue weighted by Gasteiger charge is 2.38. The molecule has 0 bridgehead atoms. The second-order valence-corrected chi connectivity index (χ2v) is 14.3. The third-order valence-electron chi connectivity index (χ3n) is 9.11. The van der Waals surface area contributed by atoms with Crippen LogP contribution in [0.1, 0.15) is 89.6 Å². The van der Waals surface area contributed by atoms with E-state index in [-0.39, 0.29) is 11.5 Å². The minimum atomic E-state index is -0.695. The Hall–Kier alpha value is -3.96. The lowest BCUT2D eigenvalue weighted by molar-refractivity contribution is 0.0504. The molecule has 2 saturated heterocycles. The first kappa shape index (κ1) is 34.4. The van der Waals surface area contributed by atoms with Crippen molar-refractivity contribution in [2.75, 3.05) is 42.6 Å². The lowest BCUT2D eigenvalue weighted by Gasteiger charge is -2.33. The summed E-state index contributed by atoms with van der Waals surface area (Å²) >= 11 is 0. The number of hydrogen-bond acceptors (Lipinski definition) is 9. The highest BCUT2D eigenvalue weighted by atomic mass is 19.1. The number of halogens is 2. The highest BCUT2D eigenvalue weighted by molar-refractivity contribution is 5.69. The maximum Gasteiger partial charge on any atom is 0.407 e. The van der Waals surface area contributed by atoms with Crippen molar-refractivity contribution in [3.63, 3.8) is 0 Å². The maximum absolute atomic E-state index is 14.9. The second-order valence-electron chi connectivity index (χ2n) is 14.3. The maximum atomic E-state index is 14.9. The molecule has 1 aromatic carbocycles. The van der Waals surface area contributed by atoms with Crippen LogP contribution < -0.4 is 19.9 Å². The van der Waals surface area contributed by atoms with Crippen molar-refractivity contribution in [3.8, 4) is 5.75 Å². The van der Waals surface area contributed by atoms with Crippen LogP contribution in [0.25, 0.3) is 0 Å². The number of anilines is 2. The van der Waals surface area contributed by atoms with Gasteiger partial charge in [-0.15, -0.1) is 0 Å². The van der Waals surface area contributed by atoms with Crippen molar-refractivity contribution >= 4 is 17.9 Å². The van der Waals surface area contributed by atoms with Crippen molar-refractivity contribution in [2.24, 2.45) is 11.8 Å². The Balaban J connectivity index is 1.16. The van der Waals surface area contributed by atoms with Crippen LogP contribution in [-0.2, 0) is 4.74 Å². The normalized spacial score (nSPS) is 19.7. The molecule has 4 heterocycles. The smallest absolute Gasteiger partial charge is 0.407 e. The molecule has 1 amide bonds. The van der Waals surface area contributed by atoms with Crippen molar-refractivity contribution in [3.05, 3.63) is 59.0 Å². The van der Waals surface area contributed by atoms with Gasteiger partial charge in [0.05, 0.1) is 18.8 Å². The number of carbonyl (C=O) groups excluding carboxylic acids is 1. The van der Waals surface area contributed by atoms with Gasteiger partial charge < -0.3 is 29.1 Å². The number of benzene rings is 1. The Morgan fingerprint density at radius 2 is 1.85 bits per heavy atom. The summed E-state index contributed by atoms with van der Waals surface area (Å²) in [5, 5.41) is 6.98. The van der Waals surface area contributed by atoms with Crippen LogP contribution in [0.5, 0.6) is 5.75 Å². The number of ether oxygens (including phenoxy) is 2. The molecule has 2 aliphatic rings. The van der Waals surface area contributed by atoms with Crippen molar-refractivity contribution < 1.29 is 27.6 Å². The van der Waals surface area contributed by atoms with Gasteiger partial charge in [-0.05, 0) is 94.2 Å². The van der Waals surface area contributed by atoms with Gasteiger partial charge in [0.2, 0.25) is 0 Å². The number of carbonyl (C=O) groups is 1. The van der Waals surface area contributed by atoms with Crippen LogP contribution in [0.15, 0.2) is 35.0 Å². The van der Waals surface area contributed by atoms with E-state index < -0.39 is 35.3 Å². The summed E-state index contributed by atoms with van der Waals surface area (Å²) < 4.78 is 46.1. The van der Waals surface area contributed by atoms with Crippen LogP contribution in [0.2, 0.25) is 0 Å². The van der Waals surface area contributed by atoms with Crippen molar-refractivity contribution in [2.45, 2.75) is 91.2 Å². The third kappa shape index (κ3) is 8.70. The molecule has 10 nitrogen and oxygen atoms in total. The first-order chi connectivity index (χ1) is 22.3. The quantitative estimate of drug-likeness (QED) is 0.248. The van der Waals surface area contributed by atoms with Crippen molar-refractivity contribution in [1.29, 1.82) is 0 Å². The van der Waals surface area contributed by atoms with Crippen LogP contribution in [-0.4, -0.2) is 65.6 Å². The largest absolute Gasteiger partial charge is 0.492 e. The molecule has 256 valence electrons. The molecule has 0 saturated carbocycles. The summed E-state index contributed by atoms with van der Waals surface area (Å²) in [6.45, 7) is 16.8. The molecule has 0 spiro atoms. The fourth-order valence-corrected chi connectivity index (χ4v) is 6.50. The third-order valence-corrected chi connectivity index (χ3v) is 9.11. The molecule has 2 aliphatic heterocycles. The van der Waals surface area contributed by atoms with Crippen LogP contribution in [0.4, 0.5) is 25.4 Å². The summed E-state index contributed by atoms with van der Waals surface area (Å²) in [4.78, 5) is 26.1. The molecule has 1 N–H and O–H groups in total. The molecule has 0 aliphatic carbocycles. The van der Waals surface area contributed by atoms with Gasteiger partial charge in [0.15, 0.2) is 5.82 Å². The molecule has 47 heavy (non-hydrogen) atoms. The number of pyridine rings is 1. The van der Waals surface area contributed by atoms with Crippen LogP contribution in [0.3, 0.4) is 0 Å². The topological polar surface area (TPSA) is 106 Å². The molecular formula is C35H48F2N6O4. The molecule has 3 aromatic rings. The lowest BCUT2D eigenvalue weighted by Crippen LogP contribution is -2.43. The van der Waals surface area contributed by atoms with Crippen LogP contribution >= 0.6 is 0 Å². The summed E-state index contributed by atoms with van der Waals surface area (Å²) in [5.74, 6) is 1.91. The zero-order valence-corrected chi connectivity index (χ0v) is 28.6. The monoisotopic (exact) mass is 654 g/mol. The standard InChI is InChI=1S/C35H48F2N6O4/c1-21(2)31-40-33(47-41-31)42-13-10-24(11-14-42)22(3)12-15-45-26-16-23(4)32(38-18-26)43-19-28(27-17-25(36)8-9-29(27)37)30(20-43)39-34(44)46-35(5,6)7/h8-9,16-18,21-22,24,28,30H,10-15,19-20H2,1-7H3,(H,39,44)/t22-,28-,30+/m1/s1. The number of hydrogen-bond donors (Lipinski definition) is 1. The van der Waals surface area contributed by atoms with Crippen LogP contribution in [0, 0.1) is 30.4 Å². The van der Waals surface area contributed by atoms with E-state index in [2.05, 4.69) is 41.1 Å². The van der Waals surface area contributed by atoms with Gasteiger partial charge in [-0.3, -0.25) is 0 Å². The zero-order chi connectivity index (χ0) is 33.9. The molecule has 0 unspecified atom stereocenters. The number of aryl methyl sites for hydroxylation is 1. The Bertz CT molecular complexity index is 1520. The number of nitrogens with one attached hydrogen (secondary N) is 1. The van der Waals surface area contributed by atoms with Gasteiger partial charge in [0.25, 0.3) is 0 Å². The van der Waals surface area contributed by atoms with E-state index in [4.69, 9.17) is 19.0 Å². The van der Waals surface area contributed by atoms with E-state index in [1.165, 1.54) is 6.07 Å². The molecule has 2 aromatic heterocycles. The van der Waals surface area contributed by atoms with E-state index >= 15 is 0 Å². The van der Waals surface area contributed by atoms with E-state index in [9.17, 15) is 13.6 Å². The van der Waals surface area contributed by atoms with Gasteiger partial charge in [0, 0.05) is 38.0 Å². The fourth-order valence-electron chi connectivity index (χ4n) is 6.50. The molecule has 0 radical (unpaired) electrons. The van der Waals surface area contributed by atoms with E-state index in [1.54, 1.807) is 27.0 Å². The van der Waals surface area contributed by atoms with E-state index in [1.807, 2.05) is 17.9 Å². The average molecular weight is 655 g/mol. The zero-order valence-electron chi connectivity index (χ0n) is 28.6. The van der Waals surface area contributed by atoms with Gasteiger partial charge in [-0.2, -0.15) is 4.98 Å². The first-order valence-corrected chi connectivity index (χ1v) is 16.6. The Morgan fingerprint density at radius 1 is 1.11 bits per heavy atom. The Morgan fingerprint density at radius 3 is 2.51 bits per heavy atom. The summed E-state index contributed by atoms with van der Waals surface area (Å²) in [5.41, 5.74) is 0.404. The molecule has 5 rings (SSSR count). The Kier molecular flexibility index (Phi) is 10.6. The van der Waals surface area contributed by atoms with Gasteiger partial charge in [-0.25, -0.2) is 18.6 Å². The minimum Gasteiger partial charge on any atom is -0.492 e. The molecule has 12 heteroatoms. The van der Waals surface area contributed by atoms with Gasteiger partial charge in [-0.1, -0.05) is 25.9 Å². The predicted molar refractivity (Wildman–Crippen MR) is 176 cm³/mol. The first-order valence-electron chi connectivity index (χ1n) is 16.6. The summed E-state index contributed by atoms with van der Waals surface area (Å²) in [7, 11) is 0. The Labute approximate surface area is 276 Å². The number of piperidine rings is 1.